The zero-order chi connectivity index (χ0) is 16.9. The molecule has 0 bridgehead atoms. The second kappa shape index (κ2) is 8.12. The Labute approximate surface area is 149 Å². The molecule has 1 fully saturated rings. The van der Waals surface area contributed by atoms with Crippen LogP contribution >= 0.6 is 21.6 Å². The van der Waals surface area contributed by atoms with E-state index < -0.39 is 5.97 Å². The van der Waals surface area contributed by atoms with Crippen LogP contribution in [0.15, 0.2) is 30.5 Å². The molecule has 2 heterocycles. The van der Waals surface area contributed by atoms with Gasteiger partial charge in [-0.05, 0) is 30.9 Å². The highest BCUT2D eigenvalue weighted by atomic mass is 33.1. The molecule has 0 radical (unpaired) electrons. The van der Waals surface area contributed by atoms with E-state index in [1.807, 2.05) is 45.9 Å². The number of carbonyl (C=O) groups is 2. The van der Waals surface area contributed by atoms with Gasteiger partial charge in [0.1, 0.15) is 0 Å². The lowest BCUT2D eigenvalue weighted by Crippen LogP contribution is -2.09. The topological polar surface area (TPSA) is 59.3 Å². The van der Waals surface area contributed by atoms with Gasteiger partial charge in [0.15, 0.2) is 0 Å². The van der Waals surface area contributed by atoms with Gasteiger partial charge in [0, 0.05) is 29.0 Å². The van der Waals surface area contributed by atoms with Gasteiger partial charge < -0.3 is 5.11 Å². The molecule has 3 rings (SSSR count). The van der Waals surface area contributed by atoms with Crippen molar-refractivity contribution in [2.24, 2.45) is 0 Å². The van der Waals surface area contributed by atoms with Gasteiger partial charge in [0.05, 0.1) is 11.9 Å². The van der Waals surface area contributed by atoms with Crippen LogP contribution in [0.2, 0.25) is 0 Å². The van der Waals surface area contributed by atoms with Gasteiger partial charge >= 0.3 is 5.97 Å². The van der Waals surface area contributed by atoms with Crippen LogP contribution in [0.5, 0.6) is 0 Å². The van der Waals surface area contributed by atoms with Gasteiger partial charge in [0.2, 0.25) is 5.91 Å². The summed E-state index contributed by atoms with van der Waals surface area (Å²) >= 11 is 0. The van der Waals surface area contributed by atoms with E-state index in [1.54, 1.807) is 10.8 Å². The van der Waals surface area contributed by atoms with Crippen molar-refractivity contribution in [3.05, 3.63) is 36.0 Å². The summed E-state index contributed by atoms with van der Waals surface area (Å²) in [5.74, 6) is 0.421. The Bertz CT molecular complexity index is 735. The average molecular weight is 364 g/mol. The highest BCUT2D eigenvalue weighted by Gasteiger charge is 2.17. The van der Waals surface area contributed by atoms with Crippen LogP contribution in [0.4, 0.5) is 0 Å². The number of fused-ring (bicyclic) bond motifs is 1. The molecule has 4 nitrogen and oxygen atoms in total. The number of carboxylic acid groups (broad SMARTS) is 1. The Kier molecular flexibility index (Phi) is 5.89. The van der Waals surface area contributed by atoms with Gasteiger partial charge in [-0.1, -0.05) is 46.2 Å². The molecule has 1 N–H and O–H groups in total. The van der Waals surface area contributed by atoms with Crippen LogP contribution < -0.4 is 0 Å². The zero-order valence-electron chi connectivity index (χ0n) is 13.4. The third-order valence-electron chi connectivity index (χ3n) is 4.30. The summed E-state index contributed by atoms with van der Waals surface area (Å²) in [5.41, 5.74) is 1.51. The third-order valence-corrected chi connectivity index (χ3v) is 7.31. The predicted octanol–water partition coefficient (Wildman–Crippen LogP) is 4.62. The number of benzene rings is 1. The van der Waals surface area contributed by atoms with Gasteiger partial charge in [-0.15, -0.1) is 0 Å². The molecule has 1 saturated heterocycles. The normalized spacial score (nSPS) is 17.4. The van der Waals surface area contributed by atoms with Crippen LogP contribution in [0.25, 0.3) is 10.9 Å². The fourth-order valence-corrected chi connectivity index (χ4v) is 6.12. The zero-order valence-corrected chi connectivity index (χ0v) is 15.1. The Hall–Kier alpha value is -1.40. The Morgan fingerprint density at radius 1 is 1.25 bits per heavy atom. The first-order valence-electron chi connectivity index (χ1n) is 8.27. The minimum absolute atomic E-state index is 0.0521. The molecular weight excluding hydrogens is 342 g/mol. The summed E-state index contributed by atoms with van der Waals surface area (Å²) < 4.78 is 1.63. The lowest BCUT2D eigenvalue weighted by Gasteiger charge is -2.07. The van der Waals surface area contributed by atoms with Crippen molar-refractivity contribution in [1.29, 1.82) is 0 Å². The second-order valence-corrected chi connectivity index (χ2v) is 8.87. The fourth-order valence-electron chi connectivity index (χ4n) is 3.09. The van der Waals surface area contributed by atoms with Gasteiger partial charge in [-0.3, -0.25) is 14.2 Å². The maximum Gasteiger partial charge on any atom is 0.307 e. The molecule has 6 heteroatoms. The largest absolute Gasteiger partial charge is 0.481 e. The molecule has 24 heavy (non-hydrogen) atoms. The number of unbranched alkanes of at least 4 members (excludes halogenated alkanes) is 1. The van der Waals surface area contributed by atoms with Crippen LogP contribution in [0, 0.1) is 0 Å². The first-order valence-corrected chi connectivity index (χ1v) is 10.7. The monoisotopic (exact) mass is 363 g/mol. The van der Waals surface area contributed by atoms with Crippen molar-refractivity contribution in [3.8, 4) is 0 Å². The first-order chi connectivity index (χ1) is 11.6. The Balaban J connectivity index is 1.64. The quantitative estimate of drug-likeness (QED) is 0.574. The van der Waals surface area contributed by atoms with Crippen molar-refractivity contribution >= 4 is 44.4 Å². The van der Waals surface area contributed by atoms with Crippen LogP contribution in [0.3, 0.4) is 0 Å². The van der Waals surface area contributed by atoms with E-state index in [0.29, 0.717) is 12.0 Å². The van der Waals surface area contributed by atoms with E-state index in [9.17, 15) is 9.59 Å². The molecule has 1 aromatic carbocycles. The molecule has 1 atom stereocenters. The standard InChI is InChI=1S/C18H21NO3S2/c20-17(8-4-1-5-14-9-10-23-24-14)19-12-13(11-18(21)22)15-6-2-3-7-16(15)19/h2-3,6-7,12,14H,1,4-5,8-11H2,(H,21,22). The van der Waals surface area contributed by atoms with Gasteiger partial charge in [-0.2, -0.15) is 0 Å². The van der Waals surface area contributed by atoms with Crippen LogP contribution in [-0.2, 0) is 11.2 Å². The maximum atomic E-state index is 12.6. The van der Waals surface area contributed by atoms with Gasteiger partial charge in [-0.25, -0.2) is 0 Å². The summed E-state index contributed by atoms with van der Waals surface area (Å²) in [4.78, 5) is 23.6. The van der Waals surface area contributed by atoms with Crippen molar-refractivity contribution in [3.63, 3.8) is 0 Å². The van der Waals surface area contributed by atoms with E-state index in [0.717, 1.165) is 29.0 Å². The number of hydrogen-bond acceptors (Lipinski definition) is 4. The average Bonchev–Trinajstić information content (AvgIpc) is 3.19. The highest BCUT2D eigenvalue weighted by Crippen LogP contribution is 2.39. The summed E-state index contributed by atoms with van der Waals surface area (Å²) in [6.45, 7) is 0. The first kappa shape index (κ1) is 17.4. The summed E-state index contributed by atoms with van der Waals surface area (Å²) in [6.07, 6.45) is 6.58. The SMILES string of the molecule is O=C(O)Cc1cn(C(=O)CCCCC2CCSS2)c2ccccc12. The number of aliphatic carboxylic acids is 1. The Morgan fingerprint density at radius 2 is 2.08 bits per heavy atom. The van der Waals surface area contributed by atoms with E-state index in [-0.39, 0.29) is 12.3 Å². The maximum absolute atomic E-state index is 12.6. The molecule has 1 aliphatic rings. The molecule has 0 saturated carbocycles. The molecule has 0 aliphatic carbocycles. The predicted molar refractivity (Wildman–Crippen MR) is 101 cm³/mol. The van der Waals surface area contributed by atoms with Crippen LogP contribution in [-0.4, -0.2) is 32.6 Å². The molecule has 0 amide bonds. The lowest BCUT2D eigenvalue weighted by molar-refractivity contribution is -0.136. The minimum Gasteiger partial charge on any atom is -0.481 e. The number of carboxylic acids is 1. The molecule has 128 valence electrons. The van der Waals surface area contributed by atoms with E-state index in [2.05, 4.69) is 0 Å². The molecular formula is C18H21NO3S2. The Morgan fingerprint density at radius 3 is 2.83 bits per heavy atom. The van der Waals surface area contributed by atoms with Crippen molar-refractivity contribution in [1.82, 2.24) is 4.57 Å². The van der Waals surface area contributed by atoms with Crippen molar-refractivity contribution in [2.45, 2.75) is 43.8 Å². The second-order valence-electron chi connectivity index (χ2n) is 6.08. The number of carbonyl (C=O) groups excluding carboxylic acids is 1. The number of para-hydroxylation sites is 1. The van der Waals surface area contributed by atoms with Crippen molar-refractivity contribution in [2.75, 3.05) is 5.75 Å². The fraction of sp³-hybridized carbons (Fsp3) is 0.444. The minimum atomic E-state index is -0.878. The number of hydrogen-bond donors (Lipinski definition) is 1. The van der Waals surface area contributed by atoms with E-state index in [4.69, 9.17) is 5.11 Å². The lowest BCUT2D eigenvalue weighted by atomic mass is 10.1. The van der Waals surface area contributed by atoms with Crippen molar-refractivity contribution < 1.29 is 14.7 Å². The van der Waals surface area contributed by atoms with Gasteiger partial charge in [0.25, 0.3) is 0 Å². The summed E-state index contributed by atoms with van der Waals surface area (Å²) in [6, 6.07) is 7.52. The van der Waals surface area contributed by atoms with Crippen LogP contribution in [0.1, 0.15) is 42.5 Å². The third kappa shape index (κ3) is 4.16. The molecule has 1 aromatic heterocycles. The van der Waals surface area contributed by atoms with E-state index in [1.165, 1.54) is 18.6 Å². The molecule has 0 spiro atoms. The summed E-state index contributed by atoms with van der Waals surface area (Å²) in [5, 5.41) is 10.7. The molecule has 1 aliphatic heterocycles. The molecule has 1 unspecified atom stereocenters. The number of nitrogens with zero attached hydrogens (tertiary/aromatic N) is 1. The molecule has 2 aromatic rings. The van der Waals surface area contributed by atoms with E-state index >= 15 is 0 Å². The summed E-state index contributed by atoms with van der Waals surface area (Å²) in [7, 11) is 3.93. The number of aromatic nitrogens is 1. The highest BCUT2D eigenvalue weighted by molar-refractivity contribution is 8.77. The smallest absolute Gasteiger partial charge is 0.307 e. The number of rotatable bonds is 7.